The number of benzene rings is 1. The molecule has 1 aromatic carbocycles. The van der Waals surface area contributed by atoms with E-state index in [0.717, 1.165) is 30.3 Å². The number of rotatable bonds is 0. The number of anilines is 1. The van der Waals surface area contributed by atoms with Crippen LogP contribution in [0.1, 0.15) is 36.3 Å². The van der Waals surface area contributed by atoms with Gasteiger partial charge in [0, 0.05) is 41.8 Å². The van der Waals surface area contributed by atoms with Gasteiger partial charge in [0.05, 0.1) is 0 Å². The summed E-state index contributed by atoms with van der Waals surface area (Å²) < 4.78 is 1.13. The van der Waals surface area contributed by atoms with Crippen LogP contribution in [0.15, 0.2) is 16.6 Å². The molecule has 4 nitrogen and oxygen atoms in total. The summed E-state index contributed by atoms with van der Waals surface area (Å²) in [4.78, 5) is 15.6. The van der Waals surface area contributed by atoms with E-state index in [0.29, 0.717) is 25.0 Å². The van der Waals surface area contributed by atoms with Gasteiger partial charge in [-0.1, -0.05) is 15.9 Å². The lowest BCUT2D eigenvalue weighted by Gasteiger charge is -2.33. The van der Waals surface area contributed by atoms with Crippen LogP contribution in [0.4, 0.5) is 10.5 Å². The Labute approximate surface area is 132 Å². The number of fused-ring (bicyclic) bond motifs is 3. The van der Waals surface area contributed by atoms with Crippen molar-refractivity contribution in [3.8, 4) is 0 Å². The van der Waals surface area contributed by atoms with Crippen LogP contribution in [0.2, 0.25) is 0 Å². The molecule has 0 bridgehead atoms. The second-order valence-corrected chi connectivity index (χ2v) is 7.26. The van der Waals surface area contributed by atoms with Gasteiger partial charge in [-0.2, -0.15) is 0 Å². The number of halogens is 1. The number of hydrogen-bond donors (Lipinski definition) is 1. The maximum Gasteiger partial charge on any atom is 0.407 e. The minimum Gasteiger partial charge on any atom is -0.465 e. The molecule has 0 aliphatic carbocycles. The zero-order valence-electron chi connectivity index (χ0n) is 11.9. The predicted octanol–water partition coefficient (Wildman–Crippen LogP) is 3.44. The fourth-order valence-corrected chi connectivity index (χ4v) is 4.90. The largest absolute Gasteiger partial charge is 0.465 e. The maximum absolute atomic E-state index is 11.4. The molecule has 3 aliphatic heterocycles. The van der Waals surface area contributed by atoms with Crippen molar-refractivity contribution in [3.05, 3.63) is 27.7 Å². The summed E-state index contributed by atoms with van der Waals surface area (Å²) in [7, 11) is 0. The van der Waals surface area contributed by atoms with Gasteiger partial charge in [-0.05, 0) is 48.9 Å². The summed E-state index contributed by atoms with van der Waals surface area (Å²) in [5.41, 5.74) is 4.20. The molecule has 0 spiro atoms. The van der Waals surface area contributed by atoms with E-state index in [1.165, 1.54) is 23.2 Å². The fraction of sp³-hybridized carbons (Fsp3) is 0.562. The van der Waals surface area contributed by atoms with Gasteiger partial charge in [-0.3, -0.25) is 0 Å². The number of carboxylic acid groups (broad SMARTS) is 1. The third kappa shape index (κ3) is 2.05. The maximum atomic E-state index is 11.4. The molecule has 1 aromatic rings. The molecule has 0 saturated carbocycles. The van der Waals surface area contributed by atoms with Gasteiger partial charge >= 0.3 is 6.09 Å². The first-order valence-corrected chi connectivity index (χ1v) is 8.51. The number of hydrogen-bond acceptors (Lipinski definition) is 2. The third-order valence-electron chi connectivity index (χ3n) is 5.20. The highest BCUT2D eigenvalue weighted by atomic mass is 79.9. The monoisotopic (exact) mass is 350 g/mol. The highest BCUT2D eigenvalue weighted by Crippen LogP contribution is 2.49. The van der Waals surface area contributed by atoms with Crippen LogP contribution in [-0.2, 0) is 6.42 Å². The highest BCUT2D eigenvalue weighted by molar-refractivity contribution is 9.10. The second-order valence-electron chi connectivity index (χ2n) is 6.34. The quantitative estimate of drug-likeness (QED) is 0.779. The summed E-state index contributed by atoms with van der Waals surface area (Å²) in [6.07, 6.45) is 3.63. The van der Waals surface area contributed by atoms with Crippen LogP contribution in [0.25, 0.3) is 0 Å². The molecule has 0 radical (unpaired) electrons. The number of nitrogens with zero attached hydrogens (tertiary/aromatic N) is 2. The van der Waals surface area contributed by atoms with E-state index in [1.807, 2.05) is 0 Å². The van der Waals surface area contributed by atoms with Crippen molar-refractivity contribution in [1.29, 1.82) is 0 Å². The standard InChI is InChI=1S/C16H19BrN2O2/c17-11-7-10-3-1-6-19-14-4-2-5-18(16(20)21)9-13(14)12(8-11)15(10)19/h7-8,13-14H,1-6,9H2,(H,20,21)/t13-,14-/m0/s1. The van der Waals surface area contributed by atoms with Gasteiger partial charge in [0.2, 0.25) is 0 Å². The van der Waals surface area contributed by atoms with Crippen molar-refractivity contribution in [2.75, 3.05) is 24.5 Å². The van der Waals surface area contributed by atoms with Gasteiger partial charge in [0.1, 0.15) is 0 Å². The second kappa shape index (κ2) is 4.90. The molecule has 3 heterocycles. The van der Waals surface area contributed by atoms with Gasteiger partial charge in [-0.15, -0.1) is 0 Å². The first-order valence-electron chi connectivity index (χ1n) is 7.72. The Kier molecular flexibility index (Phi) is 3.14. The summed E-state index contributed by atoms with van der Waals surface area (Å²) in [6, 6.07) is 4.94. The summed E-state index contributed by atoms with van der Waals surface area (Å²) in [5, 5.41) is 9.38. The van der Waals surface area contributed by atoms with Crippen molar-refractivity contribution in [2.24, 2.45) is 0 Å². The lowest BCUT2D eigenvalue weighted by atomic mass is 9.92. The molecule has 112 valence electrons. The molecule has 0 unspecified atom stereocenters. The van der Waals surface area contributed by atoms with Crippen molar-refractivity contribution < 1.29 is 9.90 Å². The van der Waals surface area contributed by atoms with Gasteiger partial charge in [-0.25, -0.2) is 4.79 Å². The van der Waals surface area contributed by atoms with Crippen LogP contribution in [0.5, 0.6) is 0 Å². The topological polar surface area (TPSA) is 43.8 Å². The van der Waals surface area contributed by atoms with E-state index >= 15 is 0 Å². The Morgan fingerprint density at radius 3 is 2.95 bits per heavy atom. The molecule has 4 rings (SSSR count). The molecule has 3 aliphatic rings. The van der Waals surface area contributed by atoms with Crippen molar-refractivity contribution in [1.82, 2.24) is 4.90 Å². The number of carbonyl (C=O) groups is 1. The minimum absolute atomic E-state index is 0.327. The van der Waals surface area contributed by atoms with Crippen molar-refractivity contribution >= 4 is 27.7 Å². The molecule has 1 N–H and O–H groups in total. The Bertz CT molecular complexity index is 604. The van der Waals surface area contributed by atoms with E-state index in [9.17, 15) is 9.90 Å². The van der Waals surface area contributed by atoms with E-state index in [1.54, 1.807) is 4.90 Å². The fourth-order valence-electron chi connectivity index (χ4n) is 4.38. The molecule has 21 heavy (non-hydrogen) atoms. The number of likely N-dealkylation sites (tertiary alicyclic amines) is 1. The van der Waals surface area contributed by atoms with Gasteiger partial charge in [0.15, 0.2) is 0 Å². The zero-order chi connectivity index (χ0) is 14.6. The zero-order valence-corrected chi connectivity index (χ0v) is 13.5. The Hall–Kier alpha value is -1.23. The lowest BCUT2D eigenvalue weighted by molar-refractivity contribution is 0.145. The van der Waals surface area contributed by atoms with Crippen LogP contribution < -0.4 is 4.90 Å². The van der Waals surface area contributed by atoms with E-state index < -0.39 is 6.09 Å². The summed E-state index contributed by atoms with van der Waals surface area (Å²) in [6.45, 7) is 2.43. The average molecular weight is 351 g/mol. The molecule has 1 amide bonds. The lowest BCUT2D eigenvalue weighted by Crippen LogP contribution is -2.39. The third-order valence-corrected chi connectivity index (χ3v) is 5.65. The van der Waals surface area contributed by atoms with Crippen LogP contribution in [0, 0.1) is 0 Å². The van der Waals surface area contributed by atoms with Crippen molar-refractivity contribution in [3.63, 3.8) is 0 Å². The molecular formula is C16H19BrN2O2. The van der Waals surface area contributed by atoms with Gasteiger partial charge in [0.25, 0.3) is 0 Å². The molecular weight excluding hydrogens is 332 g/mol. The average Bonchev–Trinajstić information content (AvgIpc) is 2.63. The first kappa shape index (κ1) is 13.4. The molecule has 2 atom stereocenters. The highest BCUT2D eigenvalue weighted by Gasteiger charge is 2.43. The Morgan fingerprint density at radius 1 is 1.29 bits per heavy atom. The number of aryl methyl sites for hydroxylation is 1. The Balaban J connectivity index is 1.80. The number of amides is 1. The van der Waals surface area contributed by atoms with Crippen LogP contribution in [-0.4, -0.2) is 41.8 Å². The van der Waals surface area contributed by atoms with E-state index in [4.69, 9.17) is 0 Å². The molecule has 0 aromatic heterocycles. The SMILES string of the molecule is O=C(O)N1CCC[C@H]2[C@@H](C1)c1cc(Br)cc3c1N2CCC3. The molecule has 5 heteroatoms. The normalized spacial score (nSPS) is 27.1. The molecule has 1 fully saturated rings. The van der Waals surface area contributed by atoms with Crippen LogP contribution >= 0.6 is 15.9 Å². The van der Waals surface area contributed by atoms with E-state index in [2.05, 4.69) is 33.0 Å². The van der Waals surface area contributed by atoms with Gasteiger partial charge < -0.3 is 14.9 Å². The van der Waals surface area contributed by atoms with E-state index in [-0.39, 0.29) is 0 Å². The smallest absolute Gasteiger partial charge is 0.407 e. The molecule has 1 saturated heterocycles. The predicted molar refractivity (Wildman–Crippen MR) is 85.2 cm³/mol. The van der Waals surface area contributed by atoms with Crippen LogP contribution in [0.3, 0.4) is 0 Å². The van der Waals surface area contributed by atoms with Crippen molar-refractivity contribution in [2.45, 2.75) is 37.6 Å². The Morgan fingerprint density at radius 2 is 2.14 bits per heavy atom. The first-order chi connectivity index (χ1) is 10.1. The summed E-state index contributed by atoms with van der Waals surface area (Å²) in [5.74, 6) is 0.327. The minimum atomic E-state index is -0.777. The summed E-state index contributed by atoms with van der Waals surface area (Å²) >= 11 is 3.63.